The van der Waals surface area contributed by atoms with Gasteiger partial charge in [-0.3, -0.25) is 9.69 Å². The highest BCUT2D eigenvalue weighted by molar-refractivity contribution is 7.98. The van der Waals surface area contributed by atoms with Gasteiger partial charge in [-0.25, -0.2) is 0 Å². The first-order chi connectivity index (χ1) is 9.08. The maximum absolute atomic E-state index is 12.3. The number of hydrogen-bond donors (Lipinski definition) is 0. The molecule has 19 heavy (non-hydrogen) atoms. The van der Waals surface area contributed by atoms with E-state index in [0.29, 0.717) is 18.4 Å². The zero-order chi connectivity index (χ0) is 13.8. The number of thioether (sulfide) groups is 1. The first-order valence-electron chi connectivity index (χ1n) is 6.98. The van der Waals surface area contributed by atoms with Gasteiger partial charge in [0.05, 0.1) is 6.54 Å². The van der Waals surface area contributed by atoms with Crippen LogP contribution >= 0.6 is 11.8 Å². The van der Waals surface area contributed by atoms with Gasteiger partial charge in [0.25, 0.3) is 0 Å². The lowest BCUT2D eigenvalue weighted by Gasteiger charge is -2.34. The Balaban J connectivity index is 1.96. The third-order valence-corrected chi connectivity index (χ3v) is 4.47. The normalized spacial score (nSPS) is 24.4. The van der Waals surface area contributed by atoms with Gasteiger partial charge in [0.15, 0.2) is 5.78 Å². The van der Waals surface area contributed by atoms with Crippen LogP contribution < -0.4 is 0 Å². The molecule has 1 aromatic carbocycles. The molecular weight excluding hydrogens is 254 g/mol. The minimum absolute atomic E-state index is 0.244. The van der Waals surface area contributed by atoms with E-state index in [2.05, 4.69) is 18.7 Å². The predicted molar refractivity (Wildman–Crippen MR) is 81.9 cm³/mol. The molecule has 0 amide bonds. The van der Waals surface area contributed by atoms with Gasteiger partial charge in [-0.15, -0.1) is 11.8 Å². The number of ketones is 1. The van der Waals surface area contributed by atoms with Gasteiger partial charge in [-0.1, -0.05) is 26.0 Å². The highest BCUT2D eigenvalue weighted by Gasteiger charge is 2.23. The van der Waals surface area contributed by atoms with Crippen molar-refractivity contribution < 1.29 is 4.79 Å². The Morgan fingerprint density at radius 1 is 1.21 bits per heavy atom. The van der Waals surface area contributed by atoms with Crippen LogP contribution in [0.25, 0.3) is 0 Å². The number of benzene rings is 1. The van der Waals surface area contributed by atoms with Gasteiger partial charge in [0.1, 0.15) is 0 Å². The largest absolute Gasteiger partial charge is 0.295 e. The van der Waals surface area contributed by atoms with Crippen molar-refractivity contribution in [3.05, 3.63) is 29.8 Å². The summed E-state index contributed by atoms with van der Waals surface area (Å²) < 4.78 is 0. The first-order valence-corrected chi connectivity index (χ1v) is 8.20. The predicted octanol–water partition coefficient (Wildman–Crippen LogP) is 3.57. The summed E-state index contributed by atoms with van der Waals surface area (Å²) in [5.74, 6) is 1.65. The number of piperidine rings is 1. The Morgan fingerprint density at radius 2 is 1.79 bits per heavy atom. The van der Waals surface area contributed by atoms with Crippen molar-refractivity contribution in [3.63, 3.8) is 0 Å². The van der Waals surface area contributed by atoms with Crippen LogP contribution in [0.15, 0.2) is 29.2 Å². The van der Waals surface area contributed by atoms with Crippen LogP contribution in [0.3, 0.4) is 0 Å². The van der Waals surface area contributed by atoms with Crippen molar-refractivity contribution in [1.29, 1.82) is 0 Å². The van der Waals surface area contributed by atoms with Crippen LogP contribution in [0, 0.1) is 11.8 Å². The van der Waals surface area contributed by atoms with Crippen molar-refractivity contribution in [2.24, 2.45) is 11.8 Å². The Kier molecular flexibility index (Phi) is 5.06. The number of Topliss-reactive ketones (excluding diaryl/α,β-unsaturated/α-hetero) is 1. The monoisotopic (exact) mass is 277 g/mol. The second-order valence-electron chi connectivity index (χ2n) is 5.79. The van der Waals surface area contributed by atoms with Crippen LogP contribution in [0.5, 0.6) is 0 Å². The molecule has 0 aromatic heterocycles. The van der Waals surface area contributed by atoms with E-state index < -0.39 is 0 Å². The average Bonchev–Trinajstić information content (AvgIpc) is 2.37. The Bertz CT molecular complexity index is 419. The minimum Gasteiger partial charge on any atom is -0.295 e. The summed E-state index contributed by atoms with van der Waals surface area (Å²) in [4.78, 5) is 15.8. The molecule has 0 spiro atoms. The highest BCUT2D eigenvalue weighted by atomic mass is 32.2. The quantitative estimate of drug-likeness (QED) is 0.620. The summed E-state index contributed by atoms with van der Waals surface area (Å²) in [5.41, 5.74) is 0.837. The zero-order valence-electron chi connectivity index (χ0n) is 12.1. The summed E-state index contributed by atoms with van der Waals surface area (Å²) in [6.45, 7) is 7.23. The molecule has 1 fully saturated rings. The van der Waals surface area contributed by atoms with Crippen LogP contribution in [-0.2, 0) is 0 Å². The van der Waals surface area contributed by atoms with Crippen molar-refractivity contribution in [2.75, 3.05) is 25.9 Å². The Hall–Kier alpha value is -0.800. The summed E-state index contributed by atoms with van der Waals surface area (Å²) in [6.07, 6.45) is 3.33. The van der Waals surface area contributed by atoms with Crippen LogP contribution in [0.1, 0.15) is 30.6 Å². The van der Waals surface area contributed by atoms with E-state index in [1.165, 1.54) is 11.3 Å². The molecule has 2 unspecified atom stereocenters. The molecule has 1 aromatic rings. The van der Waals surface area contributed by atoms with E-state index in [9.17, 15) is 4.79 Å². The third kappa shape index (κ3) is 4.08. The molecule has 0 bridgehead atoms. The molecule has 3 heteroatoms. The number of carbonyl (C=O) groups is 1. The molecule has 1 heterocycles. The van der Waals surface area contributed by atoms with E-state index >= 15 is 0 Å². The van der Waals surface area contributed by atoms with Crippen molar-refractivity contribution in [2.45, 2.75) is 25.2 Å². The van der Waals surface area contributed by atoms with Gasteiger partial charge in [-0.05, 0) is 36.6 Å². The van der Waals surface area contributed by atoms with Gasteiger partial charge in [0.2, 0.25) is 0 Å². The van der Waals surface area contributed by atoms with Gasteiger partial charge < -0.3 is 0 Å². The summed E-state index contributed by atoms with van der Waals surface area (Å²) in [6, 6.07) is 7.95. The molecule has 1 saturated heterocycles. The van der Waals surface area contributed by atoms with Crippen molar-refractivity contribution in [3.8, 4) is 0 Å². The first kappa shape index (κ1) is 14.6. The molecule has 0 radical (unpaired) electrons. The maximum Gasteiger partial charge on any atom is 0.176 e. The smallest absolute Gasteiger partial charge is 0.176 e. The lowest BCUT2D eigenvalue weighted by molar-refractivity contribution is 0.0849. The topological polar surface area (TPSA) is 20.3 Å². The van der Waals surface area contributed by atoms with Crippen LogP contribution in [0.4, 0.5) is 0 Å². The Morgan fingerprint density at radius 3 is 2.32 bits per heavy atom. The molecule has 0 aliphatic carbocycles. The molecule has 1 aliphatic heterocycles. The fraction of sp³-hybridized carbons (Fsp3) is 0.562. The number of nitrogens with zero attached hydrogens (tertiary/aromatic N) is 1. The van der Waals surface area contributed by atoms with Gasteiger partial charge >= 0.3 is 0 Å². The summed E-state index contributed by atoms with van der Waals surface area (Å²) in [7, 11) is 0. The number of likely N-dealkylation sites (tertiary alicyclic amines) is 1. The molecule has 1 aliphatic rings. The van der Waals surface area contributed by atoms with Gasteiger partial charge in [0, 0.05) is 23.5 Å². The summed E-state index contributed by atoms with van der Waals surface area (Å²) in [5, 5.41) is 0. The fourth-order valence-corrected chi connectivity index (χ4v) is 3.40. The molecular formula is C16H23NOS. The van der Waals surface area contributed by atoms with E-state index in [0.717, 1.165) is 18.7 Å². The maximum atomic E-state index is 12.3. The van der Waals surface area contributed by atoms with E-state index in [1.807, 2.05) is 30.5 Å². The molecule has 2 nitrogen and oxygen atoms in total. The lowest BCUT2D eigenvalue weighted by atomic mass is 9.91. The van der Waals surface area contributed by atoms with Crippen LogP contribution in [-0.4, -0.2) is 36.6 Å². The molecule has 104 valence electrons. The number of rotatable bonds is 4. The molecule has 2 rings (SSSR count). The SMILES string of the molecule is CSc1ccc(C(=O)CN2CC(C)CC(C)C2)cc1. The second kappa shape index (κ2) is 6.58. The molecule has 0 N–H and O–H groups in total. The number of hydrogen-bond acceptors (Lipinski definition) is 3. The number of carbonyl (C=O) groups excluding carboxylic acids is 1. The fourth-order valence-electron chi connectivity index (χ4n) is 2.99. The Labute approximate surface area is 120 Å². The van der Waals surface area contributed by atoms with E-state index in [4.69, 9.17) is 0 Å². The second-order valence-corrected chi connectivity index (χ2v) is 6.67. The van der Waals surface area contributed by atoms with E-state index in [-0.39, 0.29) is 5.78 Å². The van der Waals surface area contributed by atoms with Crippen molar-refractivity contribution in [1.82, 2.24) is 4.90 Å². The highest BCUT2D eigenvalue weighted by Crippen LogP contribution is 2.21. The molecule has 2 atom stereocenters. The van der Waals surface area contributed by atoms with Crippen LogP contribution in [0.2, 0.25) is 0 Å². The minimum atomic E-state index is 0.244. The van der Waals surface area contributed by atoms with Gasteiger partial charge in [-0.2, -0.15) is 0 Å². The van der Waals surface area contributed by atoms with Crippen molar-refractivity contribution >= 4 is 17.5 Å². The van der Waals surface area contributed by atoms with E-state index in [1.54, 1.807) is 11.8 Å². The average molecular weight is 277 g/mol. The lowest BCUT2D eigenvalue weighted by Crippen LogP contribution is -2.41. The third-order valence-electron chi connectivity index (χ3n) is 3.72. The standard InChI is InChI=1S/C16H23NOS/c1-12-8-13(2)10-17(9-12)11-16(18)14-4-6-15(19-3)7-5-14/h4-7,12-13H,8-11H2,1-3H3. The zero-order valence-corrected chi connectivity index (χ0v) is 12.9. The summed E-state index contributed by atoms with van der Waals surface area (Å²) >= 11 is 1.70. The molecule has 0 saturated carbocycles.